The minimum Gasteiger partial charge on any atom is -0.351 e. The van der Waals surface area contributed by atoms with Gasteiger partial charge < -0.3 is 4.90 Å². The largest absolute Gasteiger partial charge is 0.351 e. The summed E-state index contributed by atoms with van der Waals surface area (Å²) in [4.78, 5) is 6.80. The lowest BCUT2D eigenvalue weighted by Gasteiger charge is -2.26. The van der Waals surface area contributed by atoms with Gasteiger partial charge in [0.05, 0.1) is 11.6 Å². The molecule has 2 nitrogen and oxygen atoms in total. The molecule has 0 amide bonds. The van der Waals surface area contributed by atoms with Crippen LogP contribution in [0.5, 0.6) is 0 Å². The molecule has 16 heavy (non-hydrogen) atoms. The zero-order chi connectivity index (χ0) is 11.4. The summed E-state index contributed by atoms with van der Waals surface area (Å²) in [7, 11) is 2.14. The Morgan fingerprint density at radius 3 is 2.81 bits per heavy atom. The molecule has 90 valence electrons. The fourth-order valence-electron chi connectivity index (χ4n) is 2.37. The molecule has 0 unspecified atom stereocenters. The summed E-state index contributed by atoms with van der Waals surface area (Å²) in [5.41, 5.74) is 0.997. The Bertz CT molecular complexity index is 321. The van der Waals surface area contributed by atoms with Crippen molar-refractivity contribution in [2.45, 2.75) is 38.0 Å². The molecule has 1 aliphatic carbocycles. The van der Waals surface area contributed by atoms with Crippen LogP contribution in [0.3, 0.4) is 0 Å². The van der Waals surface area contributed by atoms with E-state index in [4.69, 9.17) is 11.6 Å². The van der Waals surface area contributed by atoms with E-state index in [2.05, 4.69) is 22.3 Å². The van der Waals surface area contributed by atoms with Crippen LogP contribution in [-0.4, -0.2) is 18.6 Å². The van der Waals surface area contributed by atoms with Gasteiger partial charge in [0.2, 0.25) is 0 Å². The zero-order valence-corrected chi connectivity index (χ0v) is 11.4. The summed E-state index contributed by atoms with van der Waals surface area (Å²) in [5, 5.41) is 3.17. The number of anilines is 1. The molecule has 1 heterocycles. The van der Waals surface area contributed by atoms with E-state index in [1.54, 1.807) is 11.3 Å². The predicted molar refractivity (Wildman–Crippen MR) is 71.5 cm³/mol. The Labute approximate surface area is 107 Å². The van der Waals surface area contributed by atoms with Crippen molar-refractivity contribution in [1.82, 2.24) is 4.98 Å². The number of halogens is 1. The van der Waals surface area contributed by atoms with Gasteiger partial charge in [-0.2, -0.15) is 0 Å². The van der Waals surface area contributed by atoms with Crippen LogP contribution in [-0.2, 0) is 5.88 Å². The topological polar surface area (TPSA) is 16.1 Å². The number of hydrogen-bond donors (Lipinski definition) is 0. The van der Waals surface area contributed by atoms with Crippen molar-refractivity contribution in [2.75, 3.05) is 18.5 Å². The molecule has 1 aromatic heterocycles. The van der Waals surface area contributed by atoms with Crippen LogP contribution in [0.4, 0.5) is 5.13 Å². The molecule has 0 aliphatic heterocycles. The number of aromatic nitrogens is 1. The Morgan fingerprint density at radius 1 is 1.44 bits per heavy atom. The highest BCUT2D eigenvalue weighted by Crippen LogP contribution is 2.27. The van der Waals surface area contributed by atoms with Gasteiger partial charge in [-0.1, -0.05) is 19.3 Å². The third-order valence-electron chi connectivity index (χ3n) is 3.26. The fraction of sp³-hybridized carbons (Fsp3) is 0.750. The molecule has 0 radical (unpaired) electrons. The third kappa shape index (κ3) is 3.11. The van der Waals surface area contributed by atoms with E-state index in [1.807, 2.05) is 0 Å². The molecule has 0 saturated heterocycles. The van der Waals surface area contributed by atoms with Crippen LogP contribution in [0, 0.1) is 5.92 Å². The molecule has 1 saturated carbocycles. The molecule has 4 heteroatoms. The molecule has 0 atom stereocenters. The third-order valence-corrected chi connectivity index (χ3v) is 4.54. The number of thiazole rings is 1. The summed E-state index contributed by atoms with van der Waals surface area (Å²) in [5.74, 6) is 1.38. The maximum absolute atomic E-state index is 5.76. The number of hydrogen-bond acceptors (Lipinski definition) is 3. The Balaban J connectivity index is 1.88. The first-order chi connectivity index (χ1) is 7.79. The van der Waals surface area contributed by atoms with E-state index in [0.29, 0.717) is 5.88 Å². The van der Waals surface area contributed by atoms with Crippen molar-refractivity contribution in [3.63, 3.8) is 0 Å². The summed E-state index contributed by atoms with van der Waals surface area (Å²) in [6.07, 6.45) is 7.01. The van der Waals surface area contributed by atoms with Crippen LogP contribution in [0.1, 0.15) is 37.8 Å². The second-order valence-electron chi connectivity index (χ2n) is 4.64. The minimum absolute atomic E-state index is 0.522. The smallest absolute Gasteiger partial charge is 0.185 e. The highest BCUT2D eigenvalue weighted by Gasteiger charge is 2.16. The molecule has 1 fully saturated rings. The van der Waals surface area contributed by atoms with Gasteiger partial charge in [-0.05, 0) is 18.8 Å². The van der Waals surface area contributed by atoms with Gasteiger partial charge in [-0.15, -0.1) is 22.9 Å². The molecule has 0 spiro atoms. The molecule has 0 bridgehead atoms. The Kier molecular flexibility index (Phi) is 4.47. The molecule has 1 aromatic rings. The zero-order valence-electron chi connectivity index (χ0n) is 9.79. The van der Waals surface area contributed by atoms with Crippen molar-refractivity contribution in [3.8, 4) is 0 Å². The minimum atomic E-state index is 0.522. The quantitative estimate of drug-likeness (QED) is 0.762. The lowest BCUT2D eigenvalue weighted by atomic mass is 9.89. The average molecular weight is 259 g/mol. The maximum atomic E-state index is 5.76. The second-order valence-corrected chi connectivity index (χ2v) is 5.74. The van der Waals surface area contributed by atoms with Gasteiger partial charge in [0, 0.05) is 19.0 Å². The number of nitrogens with zero attached hydrogens (tertiary/aromatic N) is 2. The molecular weight excluding hydrogens is 240 g/mol. The monoisotopic (exact) mass is 258 g/mol. The van der Waals surface area contributed by atoms with E-state index >= 15 is 0 Å². The number of rotatable bonds is 4. The lowest BCUT2D eigenvalue weighted by Crippen LogP contribution is -2.26. The summed E-state index contributed by atoms with van der Waals surface area (Å²) in [6.45, 7) is 1.15. The van der Waals surface area contributed by atoms with Gasteiger partial charge in [-0.25, -0.2) is 4.98 Å². The lowest BCUT2D eigenvalue weighted by molar-refractivity contribution is 0.362. The molecule has 0 N–H and O–H groups in total. The van der Waals surface area contributed by atoms with Gasteiger partial charge in [0.25, 0.3) is 0 Å². The second kappa shape index (κ2) is 5.87. The SMILES string of the molecule is CN(CC1CCCCC1)c1nc(CCl)cs1. The van der Waals surface area contributed by atoms with Gasteiger partial charge >= 0.3 is 0 Å². The highest BCUT2D eigenvalue weighted by atomic mass is 35.5. The van der Waals surface area contributed by atoms with Gasteiger partial charge in [0.1, 0.15) is 0 Å². The standard InChI is InChI=1S/C12H19ClN2S/c1-15(8-10-5-3-2-4-6-10)12-14-11(7-13)9-16-12/h9-10H,2-8H2,1H3. The van der Waals surface area contributed by atoms with Gasteiger partial charge in [-0.3, -0.25) is 0 Å². The first-order valence-corrected chi connectivity index (χ1v) is 7.42. The fourth-order valence-corrected chi connectivity index (χ4v) is 3.40. The number of alkyl halides is 1. The van der Waals surface area contributed by atoms with Crippen LogP contribution in [0.15, 0.2) is 5.38 Å². The first kappa shape index (κ1) is 12.2. The van der Waals surface area contributed by atoms with Crippen LogP contribution >= 0.6 is 22.9 Å². The maximum Gasteiger partial charge on any atom is 0.185 e. The Morgan fingerprint density at radius 2 is 2.19 bits per heavy atom. The van der Waals surface area contributed by atoms with E-state index in [0.717, 1.165) is 23.3 Å². The van der Waals surface area contributed by atoms with Crippen molar-refractivity contribution in [1.29, 1.82) is 0 Å². The molecule has 1 aliphatic rings. The van der Waals surface area contributed by atoms with Crippen molar-refractivity contribution < 1.29 is 0 Å². The molecular formula is C12H19ClN2S. The Hall–Kier alpha value is -0.280. The average Bonchev–Trinajstić information content (AvgIpc) is 2.79. The van der Waals surface area contributed by atoms with E-state index in [9.17, 15) is 0 Å². The van der Waals surface area contributed by atoms with Crippen LogP contribution in [0.2, 0.25) is 0 Å². The van der Waals surface area contributed by atoms with Crippen LogP contribution in [0.25, 0.3) is 0 Å². The van der Waals surface area contributed by atoms with E-state index in [-0.39, 0.29) is 0 Å². The van der Waals surface area contributed by atoms with Crippen molar-refractivity contribution in [2.24, 2.45) is 5.92 Å². The molecule has 0 aromatic carbocycles. The highest BCUT2D eigenvalue weighted by molar-refractivity contribution is 7.13. The summed E-state index contributed by atoms with van der Waals surface area (Å²) in [6, 6.07) is 0. The predicted octanol–water partition coefficient (Wildman–Crippen LogP) is 3.90. The summed E-state index contributed by atoms with van der Waals surface area (Å²) < 4.78 is 0. The van der Waals surface area contributed by atoms with Crippen molar-refractivity contribution >= 4 is 28.1 Å². The summed E-state index contributed by atoms with van der Waals surface area (Å²) >= 11 is 7.46. The molecule has 2 rings (SSSR count). The van der Waals surface area contributed by atoms with Gasteiger partial charge in [0.15, 0.2) is 5.13 Å². The van der Waals surface area contributed by atoms with Crippen molar-refractivity contribution in [3.05, 3.63) is 11.1 Å². The van der Waals surface area contributed by atoms with E-state index < -0.39 is 0 Å². The van der Waals surface area contributed by atoms with E-state index in [1.165, 1.54) is 32.1 Å². The van der Waals surface area contributed by atoms with Crippen LogP contribution < -0.4 is 4.90 Å². The first-order valence-electron chi connectivity index (χ1n) is 6.01. The normalized spacial score (nSPS) is 17.6.